The molecule has 0 bridgehead atoms. The largest absolute Gasteiger partial charge is 0.342 e. The lowest BCUT2D eigenvalue weighted by atomic mass is 9.99. The van der Waals surface area contributed by atoms with Crippen LogP contribution < -0.4 is 5.73 Å². The minimum atomic E-state index is 0.272. The minimum absolute atomic E-state index is 0.272. The second kappa shape index (κ2) is 5.15. The van der Waals surface area contributed by atoms with Gasteiger partial charge in [0, 0.05) is 32.2 Å². The molecule has 0 aromatic heterocycles. The highest BCUT2D eigenvalue weighted by Crippen LogP contribution is 2.16. The summed E-state index contributed by atoms with van der Waals surface area (Å²) >= 11 is 0. The molecule has 4 heteroatoms. The molecule has 2 fully saturated rings. The fourth-order valence-corrected chi connectivity index (χ4v) is 2.56. The van der Waals surface area contributed by atoms with Crippen molar-refractivity contribution in [3.8, 4) is 0 Å². The number of nitrogens with zero attached hydrogens (tertiary/aromatic N) is 2. The topological polar surface area (TPSA) is 49.6 Å². The highest BCUT2D eigenvalue weighted by atomic mass is 16.2. The number of amides is 1. The van der Waals surface area contributed by atoms with Gasteiger partial charge in [-0.3, -0.25) is 9.69 Å². The summed E-state index contributed by atoms with van der Waals surface area (Å²) < 4.78 is 0. The summed E-state index contributed by atoms with van der Waals surface area (Å²) in [5.74, 6) is 1.07. The lowest BCUT2D eigenvalue weighted by Crippen LogP contribution is -2.43. The van der Waals surface area contributed by atoms with Crippen LogP contribution in [-0.2, 0) is 4.79 Å². The van der Waals surface area contributed by atoms with E-state index in [-0.39, 0.29) is 6.04 Å². The molecular formula is C12H23N3O. The Labute approximate surface area is 97.8 Å². The van der Waals surface area contributed by atoms with Crippen molar-refractivity contribution in [3.05, 3.63) is 0 Å². The molecule has 0 aromatic carbocycles. The summed E-state index contributed by atoms with van der Waals surface area (Å²) in [6.07, 6.45) is 3.35. The Morgan fingerprint density at radius 1 is 1.25 bits per heavy atom. The highest BCUT2D eigenvalue weighted by Gasteiger charge is 2.25. The molecule has 16 heavy (non-hydrogen) atoms. The third-order valence-corrected chi connectivity index (χ3v) is 3.80. The molecule has 1 unspecified atom stereocenters. The molecule has 4 nitrogen and oxygen atoms in total. The number of carbonyl (C=O) groups excluding carboxylic acids is 1. The average molecular weight is 225 g/mol. The number of piperidine rings is 1. The van der Waals surface area contributed by atoms with Gasteiger partial charge in [-0.05, 0) is 25.2 Å². The maximum atomic E-state index is 12.0. The van der Waals surface area contributed by atoms with Gasteiger partial charge in [-0.25, -0.2) is 0 Å². The van der Waals surface area contributed by atoms with Gasteiger partial charge in [-0.1, -0.05) is 6.92 Å². The van der Waals surface area contributed by atoms with Crippen molar-refractivity contribution >= 4 is 5.91 Å². The molecule has 0 radical (unpaired) electrons. The smallest absolute Gasteiger partial charge is 0.236 e. The van der Waals surface area contributed by atoms with Crippen molar-refractivity contribution in [3.63, 3.8) is 0 Å². The van der Waals surface area contributed by atoms with Crippen LogP contribution in [0.15, 0.2) is 0 Å². The number of hydrogen-bond acceptors (Lipinski definition) is 3. The lowest BCUT2D eigenvalue weighted by molar-refractivity contribution is -0.133. The van der Waals surface area contributed by atoms with E-state index in [2.05, 4.69) is 11.8 Å². The molecule has 1 atom stereocenters. The predicted octanol–water partition coefficient (Wildman–Crippen LogP) is 0.278. The Morgan fingerprint density at radius 2 is 1.94 bits per heavy atom. The third-order valence-electron chi connectivity index (χ3n) is 3.80. The first-order valence-electron chi connectivity index (χ1n) is 6.41. The van der Waals surface area contributed by atoms with Gasteiger partial charge in [0.2, 0.25) is 5.91 Å². The molecule has 0 spiro atoms. The molecule has 1 amide bonds. The van der Waals surface area contributed by atoms with Gasteiger partial charge >= 0.3 is 0 Å². The summed E-state index contributed by atoms with van der Waals surface area (Å²) in [7, 11) is 0. The SMILES string of the molecule is CC1CCN(C(=O)CN2CCC(N)C2)CC1. The number of rotatable bonds is 2. The van der Waals surface area contributed by atoms with Crippen LogP contribution in [0.2, 0.25) is 0 Å². The molecule has 2 aliphatic rings. The van der Waals surface area contributed by atoms with Crippen LogP contribution in [-0.4, -0.2) is 54.5 Å². The number of likely N-dealkylation sites (tertiary alicyclic amines) is 2. The first-order chi connectivity index (χ1) is 7.65. The minimum Gasteiger partial charge on any atom is -0.342 e. The quantitative estimate of drug-likeness (QED) is 0.734. The predicted molar refractivity (Wildman–Crippen MR) is 64.0 cm³/mol. The van der Waals surface area contributed by atoms with Crippen molar-refractivity contribution in [2.24, 2.45) is 11.7 Å². The van der Waals surface area contributed by atoms with E-state index in [1.54, 1.807) is 0 Å². The normalized spacial score (nSPS) is 28.6. The maximum absolute atomic E-state index is 12.0. The van der Waals surface area contributed by atoms with Crippen LogP contribution in [0.25, 0.3) is 0 Å². The van der Waals surface area contributed by atoms with Crippen molar-refractivity contribution in [1.29, 1.82) is 0 Å². The van der Waals surface area contributed by atoms with Crippen LogP contribution >= 0.6 is 0 Å². The van der Waals surface area contributed by atoms with Crippen molar-refractivity contribution in [2.45, 2.75) is 32.2 Å². The number of hydrogen-bond donors (Lipinski definition) is 1. The molecule has 2 N–H and O–H groups in total. The zero-order valence-electron chi connectivity index (χ0n) is 10.2. The highest BCUT2D eigenvalue weighted by molar-refractivity contribution is 5.78. The summed E-state index contributed by atoms with van der Waals surface area (Å²) in [6.45, 7) is 6.59. The van der Waals surface area contributed by atoms with Crippen molar-refractivity contribution < 1.29 is 4.79 Å². The third kappa shape index (κ3) is 2.95. The van der Waals surface area contributed by atoms with Gasteiger partial charge in [0.05, 0.1) is 6.54 Å². The van der Waals surface area contributed by atoms with Gasteiger partial charge in [-0.2, -0.15) is 0 Å². The fourth-order valence-electron chi connectivity index (χ4n) is 2.56. The summed E-state index contributed by atoms with van der Waals surface area (Å²) in [5.41, 5.74) is 5.83. The zero-order valence-corrected chi connectivity index (χ0v) is 10.2. The van der Waals surface area contributed by atoms with E-state index in [1.165, 1.54) is 0 Å². The van der Waals surface area contributed by atoms with E-state index >= 15 is 0 Å². The van der Waals surface area contributed by atoms with Gasteiger partial charge < -0.3 is 10.6 Å². The Bertz CT molecular complexity index is 249. The van der Waals surface area contributed by atoms with E-state index < -0.39 is 0 Å². The van der Waals surface area contributed by atoms with Crippen LogP contribution in [0.1, 0.15) is 26.2 Å². The molecule has 2 heterocycles. The first kappa shape index (κ1) is 11.9. The summed E-state index contributed by atoms with van der Waals surface area (Å²) in [6, 6.07) is 0.272. The monoisotopic (exact) mass is 225 g/mol. The van der Waals surface area contributed by atoms with Crippen LogP contribution in [0.3, 0.4) is 0 Å². The number of nitrogens with two attached hydrogens (primary N) is 1. The Balaban J connectivity index is 1.75. The fraction of sp³-hybridized carbons (Fsp3) is 0.917. The average Bonchev–Trinajstić information content (AvgIpc) is 2.65. The second-order valence-electron chi connectivity index (χ2n) is 5.35. The standard InChI is InChI=1S/C12H23N3O/c1-10-2-6-15(7-3-10)12(16)9-14-5-4-11(13)8-14/h10-11H,2-9,13H2,1H3. The van der Waals surface area contributed by atoms with Gasteiger partial charge in [-0.15, -0.1) is 0 Å². The van der Waals surface area contributed by atoms with E-state index in [1.807, 2.05) is 4.90 Å². The van der Waals surface area contributed by atoms with Crippen LogP contribution in [0, 0.1) is 5.92 Å². The van der Waals surface area contributed by atoms with Crippen molar-refractivity contribution in [1.82, 2.24) is 9.80 Å². The molecule has 2 rings (SSSR count). The Morgan fingerprint density at radius 3 is 2.50 bits per heavy atom. The molecule has 0 aliphatic carbocycles. The number of carbonyl (C=O) groups is 1. The molecular weight excluding hydrogens is 202 g/mol. The Kier molecular flexibility index (Phi) is 3.82. The summed E-state index contributed by atoms with van der Waals surface area (Å²) in [5, 5.41) is 0. The van der Waals surface area contributed by atoms with Gasteiger partial charge in [0.25, 0.3) is 0 Å². The zero-order chi connectivity index (χ0) is 11.5. The van der Waals surface area contributed by atoms with E-state index in [4.69, 9.17) is 5.73 Å². The molecule has 2 aliphatic heterocycles. The van der Waals surface area contributed by atoms with Crippen LogP contribution in [0.5, 0.6) is 0 Å². The van der Waals surface area contributed by atoms with E-state index in [9.17, 15) is 4.79 Å². The first-order valence-corrected chi connectivity index (χ1v) is 6.41. The van der Waals surface area contributed by atoms with Gasteiger partial charge in [0.15, 0.2) is 0 Å². The van der Waals surface area contributed by atoms with Crippen LogP contribution in [0.4, 0.5) is 0 Å². The Hall–Kier alpha value is -0.610. The molecule has 2 saturated heterocycles. The molecule has 92 valence electrons. The van der Waals surface area contributed by atoms with Crippen molar-refractivity contribution in [2.75, 3.05) is 32.7 Å². The maximum Gasteiger partial charge on any atom is 0.236 e. The van der Waals surface area contributed by atoms with E-state index in [0.29, 0.717) is 12.5 Å². The molecule has 0 aromatic rings. The molecule has 0 saturated carbocycles. The summed E-state index contributed by atoms with van der Waals surface area (Å²) in [4.78, 5) is 16.2. The second-order valence-corrected chi connectivity index (χ2v) is 5.35. The lowest BCUT2D eigenvalue weighted by Gasteiger charge is -2.31. The van der Waals surface area contributed by atoms with E-state index in [0.717, 1.165) is 51.4 Å². The van der Waals surface area contributed by atoms with Gasteiger partial charge in [0.1, 0.15) is 0 Å².